The van der Waals surface area contributed by atoms with E-state index in [1.54, 1.807) is 0 Å². The average molecular weight is 269 g/mol. The van der Waals surface area contributed by atoms with Crippen molar-refractivity contribution in [3.8, 4) is 0 Å². The number of nitrogens with two attached hydrogens (primary N) is 1. The van der Waals surface area contributed by atoms with Gasteiger partial charge in [0.15, 0.2) is 9.84 Å². The number of sulfone groups is 1. The van der Waals surface area contributed by atoms with Gasteiger partial charge in [0.25, 0.3) is 0 Å². The molecule has 0 heterocycles. The Hall–Kier alpha value is -0.870. The van der Waals surface area contributed by atoms with E-state index in [2.05, 4.69) is 0 Å². The molecule has 0 aromatic heterocycles. The highest BCUT2D eigenvalue weighted by molar-refractivity contribution is 7.90. The highest BCUT2D eigenvalue weighted by atomic mass is 32.2. The lowest BCUT2D eigenvalue weighted by molar-refractivity contribution is 0.365. The molecule has 0 aliphatic heterocycles. The molecule has 1 aromatic carbocycles. The first-order chi connectivity index (χ1) is 8.24. The van der Waals surface area contributed by atoms with Crippen molar-refractivity contribution >= 4 is 9.84 Å². The largest absolute Gasteiger partial charge is 0.330 e. The van der Waals surface area contributed by atoms with Gasteiger partial charge in [0.05, 0.1) is 11.5 Å². The summed E-state index contributed by atoms with van der Waals surface area (Å²) in [6.45, 7) is 6.46. The first-order valence-electron chi connectivity index (χ1n) is 6.20. The highest BCUT2D eigenvalue weighted by Crippen LogP contribution is 2.20. The van der Waals surface area contributed by atoms with E-state index in [0.29, 0.717) is 13.0 Å². The van der Waals surface area contributed by atoms with Gasteiger partial charge in [0.1, 0.15) is 0 Å². The zero-order chi connectivity index (χ0) is 13.8. The van der Waals surface area contributed by atoms with Crippen LogP contribution in [0.2, 0.25) is 0 Å². The Morgan fingerprint density at radius 2 is 1.94 bits per heavy atom. The highest BCUT2D eigenvalue weighted by Gasteiger charge is 2.20. The third-order valence-electron chi connectivity index (χ3n) is 3.11. The van der Waals surface area contributed by atoms with E-state index in [0.717, 1.165) is 11.1 Å². The van der Waals surface area contributed by atoms with Crippen molar-refractivity contribution in [2.75, 3.05) is 12.3 Å². The summed E-state index contributed by atoms with van der Waals surface area (Å²) in [7, 11) is -3.05. The maximum absolute atomic E-state index is 12.0. The Morgan fingerprint density at radius 3 is 2.50 bits per heavy atom. The van der Waals surface area contributed by atoms with Crippen LogP contribution in [0.3, 0.4) is 0 Å². The van der Waals surface area contributed by atoms with Gasteiger partial charge in [0, 0.05) is 0 Å². The molecule has 4 heteroatoms. The van der Waals surface area contributed by atoms with Gasteiger partial charge in [-0.25, -0.2) is 8.42 Å². The molecule has 2 N–H and O–H groups in total. The quantitative estimate of drug-likeness (QED) is 0.862. The minimum Gasteiger partial charge on any atom is -0.330 e. The van der Waals surface area contributed by atoms with Crippen LogP contribution in [0.5, 0.6) is 0 Å². The first kappa shape index (κ1) is 15.2. The second kappa shape index (κ2) is 5.85. The lowest BCUT2D eigenvalue weighted by Crippen LogP contribution is -2.26. The van der Waals surface area contributed by atoms with Crippen LogP contribution >= 0.6 is 0 Å². The van der Waals surface area contributed by atoms with Crippen molar-refractivity contribution in [2.24, 2.45) is 11.1 Å². The summed E-state index contributed by atoms with van der Waals surface area (Å²) in [4.78, 5) is 0. The molecule has 0 bridgehead atoms. The summed E-state index contributed by atoms with van der Waals surface area (Å²) >= 11 is 0. The molecule has 0 atom stereocenters. The van der Waals surface area contributed by atoms with Crippen molar-refractivity contribution in [3.63, 3.8) is 0 Å². The maximum Gasteiger partial charge on any atom is 0.154 e. The molecule has 102 valence electrons. The molecule has 0 saturated carbocycles. The van der Waals surface area contributed by atoms with Crippen LogP contribution < -0.4 is 5.73 Å². The molecule has 0 radical (unpaired) electrons. The normalized spacial score (nSPS) is 12.7. The molecular weight excluding hydrogens is 246 g/mol. The van der Waals surface area contributed by atoms with Crippen LogP contribution in [0.1, 0.15) is 31.4 Å². The van der Waals surface area contributed by atoms with Gasteiger partial charge in [0.2, 0.25) is 0 Å². The maximum atomic E-state index is 12.0. The molecule has 0 aliphatic carbocycles. The number of hydrogen-bond acceptors (Lipinski definition) is 3. The Bertz CT molecular complexity index is 492. The second-order valence-corrected chi connectivity index (χ2v) is 7.88. The zero-order valence-electron chi connectivity index (χ0n) is 11.4. The minimum absolute atomic E-state index is 0.111. The van der Waals surface area contributed by atoms with E-state index in [1.165, 1.54) is 0 Å². The van der Waals surface area contributed by atoms with Crippen molar-refractivity contribution in [2.45, 2.75) is 32.9 Å². The van der Waals surface area contributed by atoms with Crippen LogP contribution in [0.15, 0.2) is 24.3 Å². The van der Waals surface area contributed by atoms with Crippen molar-refractivity contribution < 1.29 is 8.42 Å². The SMILES string of the molecule is Cc1cccc(CS(=O)(=O)CCC(C)(C)CN)c1. The molecule has 0 amide bonds. The molecule has 18 heavy (non-hydrogen) atoms. The molecular formula is C14H23NO2S. The Morgan fingerprint density at radius 1 is 1.28 bits per heavy atom. The zero-order valence-corrected chi connectivity index (χ0v) is 12.3. The van der Waals surface area contributed by atoms with Crippen LogP contribution in [-0.2, 0) is 15.6 Å². The lowest BCUT2D eigenvalue weighted by Gasteiger charge is -2.21. The Balaban J connectivity index is 2.66. The predicted molar refractivity (Wildman–Crippen MR) is 76.1 cm³/mol. The van der Waals surface area contributed by atoms with Gasteiger partial charge in [-0.3, -0.25) is 0 Å². The van der Waals surface area contributed by atoms with E-state index in [4.69, 9.17) is 5.73 Å². The monoisotopic (exact) mass is 269 g/mol. The summed E-state index contributed by atoms with van der Waals surface area (Å²) in [6.07, 6.45) is 0.609. The smallest absolute Gasteiger partial charge is 0.154 e. The number of benzene rings is 1. The van der Waals surface area contributed by atoms with Crippen molar-refractivity contribution in [1.29, 1.82) is 0 Å². The van der Waals surface area contributed by atoms with Crippen LogP contribution in [0.4, 0.5) is 0 Å². The van der Waals surface area contributed by atoms with Gasteiger partial charge >= 0.3 is 0 Å². The summed E-state index contributed by atoms with van der Waals surface area (Å²) in [5.74, 6) is 0.320. The third-order valence-corrected chi connectivity index (χ3v) is 4.71. The van der Waals surface area contributed by atoms with Crippen molar-refractivity contribution in [3.05, 3.63) is 35.4 Å². The second-order valence-electron chi connectivity index (χ2n) is 5.70. The van der Waals surface area contributed by atoms with Gasteiger partial charge in [-0.05, 0) is 30.9 Å². The Labute approximate surface area is 110 Å². The van der Waals surface area contributed by atoms with Crippen molar-refractivity contribution in [1.82, 2.24) is 0 Å². The van der Waals surface area contributed by atoms with E-state index >= 15 is 0 Å². The summed E-state index contributed by atoms with van der Waals surface area (Å²) in [5, 5.41) is 0. The lowest BCUT2D eigenvalue weighted by atomic mass is 9.91. The minimum atomic E-state index is -3.05. The average Bonchev–Trinajstić information content (AvgIpc) is 2.26. The molecule has 0 unspecified atom stereocenters. The standard InChI is InChI=1S/C14H23NO2S/c1-12-5-4-6-13(9-12)10-18(16,17)8-7-14(2,3)11-15/h4-6,9H,7-8,10-11,15H2,1-3H3. The fourth-order valence-corrected chi connectivity index (χ4v) is 3.36. The predicted octanol–water partition coefficient (Wildman–Crippen LogP) is 2.28. The molecule has 0 saturated heterocycles. The summed E-state index contributed by atoms with van der Waals surface area (Å²) < 4.78 is 24.1. The van der Waals surface area contributed by atoms with E-state index < -0.39 is 9.84 Å². The van der Waals surface area contributed by atoms with Gasteiger partial charge in [-0.2, -0.15) is 0 Å². The van der Waals surface area contributed by atoms with Gasteiger partial charge < -0.3 is 5.73 Å². The first-order valence-corrected chi connectivity index (χ1v) is 8.02. The van der Waals surface area contributed by atoms with E-state index in [-0.39, 0.29) is 16.9 Å². The third kappa shape index (κ3) is 5.19. The molecule has 1 aromatic rings. The molecule has 0 aliphatic rings. The van der Waals surface area contributed by atoms with E-state index in [1.807, 2.05) is 45.0 Å². The molecule has 3 nitrogen and oxygen atoms in total. The topological polar surface area (TPSA) is 60.2 Å². The van der Waals surface area contributed by atoms with Gasteiger partial charge in [-0.1, -0.05) is 43.7 Å². The molecule has 0 spiro atoms. The number of rotatable bonds is 6. The van der Waals surface area contributed by atoms with Crippen LogP contribution in [-0.4, -0.2) is 20.7 Å². The van der Waals surface area contributed by atoms with E-state index in [9.17, 15) is 8.42 Å². The fraction of sp³-hybridized carbons (Fsp3) is 0.571. The van der Waals surface area contributed by atoms with Gasteiger partial charge in [-0.15, -0.1) is 0 Å². The summed E-state index contributed by atoms with van der Waals surface area (Å²) in [5.41, 5.74) is 7.45. The number of aryl methyl sites for hydroxylation is 1. The van der Waals surface area contributed by atoms with Crippen LogP contribution in [0, 0.1) is 12.3 Å². The molecule has 0 fully saturated rings. The Kier molecular flexibility index (Phi) is 4.93. The fourth-order valence-electron chi connectivity index (χ4n) is 1.66. The number of hydrogen-bond donors (Lipinski definition) is 1. The van der Waals surface area contributed by atoms with Crippen LogP contribution in [0.25, 0.3) is 0 Å². The summed E-state index contributed by atoms with van der Waals surface area (Å²) in [6, 6.07) is 7.64. The molecule has 1 rings (SSSR count).